The maximum atomic E-state index is 12.3. The number of piperidine rings is 1. The van der Waals surface area contributed by atoms with Crippen molar-refractivity contribution in [2.45, 2.75) is 25.5 Å². The molecule has 0 saturated carbocycles. The molecule has 0 aliphatic carbocycles. The predicted octanol–water partition coefficient (Wildman–Crippen LogP) is 2.36. The van der Waals surface area contributed by atoms with Crippen molar-refractivity contribution in [2.24, 2.45) is 0 Å². The van der Waals surface area contributed by atoms with Crippen LogP contribution in [0.4, 0.5) is 10.6 Å². The van der Waals surface area contributed by atoms with E-state index in [1.54, 1.807) is 11.3 Å². The maximum Gasteiger partial charge on any atom is 0.317 e. The molecule has 1 unspecified atom stereocenters. The fourth-order valence-electron chi connectivity index (χ4n) is 2.69. The number of urea groups is 1. The molecule has 2 amide bonds. The van der Waals surface area contributed by atoms with Crippen molar-refractivity contribution in [1.82, 2.24) is 20.4 Å². The molecule has 1 fully saturated rings. The number of likely N-dealkylation sites (tertiary alicyclic amines) is 1. The first-order chi connectivity index (χ1) is 12.1. The van der Waals surface area contributed by atoms with E-state index >= 15 is 0 Å². The highest BCUT2D eigenvalue weighted by molar-refractivity contribution is 7.09. The van der Waals surface area contributed by atoms with Crippen molar-refractivity contribution in [3.8, 4) is 5.88 Å². The van der Waals surface area contributed by atoms with Gasteiger partial charge in [-0.3, -0.25) is 0 Å². The molecule has 1 N–H and O–H groups in total. The fraction of sp³-hybridized carbons (Fsp3) is 0.471. The van der Waals surface area contributed by atoms with Gasteiger partial charge in [-0.15, -0.1) is 21.5 Å². The Morgan fingerprint density at radius 3 is 2.96 bits per heavy atom. The first kappa shape index (κ1) is 17.5. The van der Waals surface area contributed by atoms with Crippen molar-refractivity contribution in [2.75, 3.05) is 32.1 Å². The monoisotopic (exact) mass is 361 g/mol. The molecule has 2 aromatic heterocycles. The number of rotatable bonds is 5. The smallest absolute Gasteiger partial charge is 0.317 e. The van der Waals surface area contributed by atoms with Gasteiger partial charge in [0, 0.05) is 31.6 Å². The minimum absolute atomic E-state index is 0.0456. The summed E-state index contributed by atoms with van der Waals surface area (Å²) in [6, 6.07) is 7.65. The highest BCUT2D eigenvalue weighted by Crippen LogP contribution is 2.18. The maximum absolute atomic E-state index is 12.3. The van der Waals surface area contributed by atoms with Crippen molar-refractivity contribution in [3.05, 3.63) is 34.5 Å². The van der Waals surface area contributed by atoms with Gasteiger partial charge in [0.2, 0.25) is 5.88 Å². The standard InChI is InChI=1S/C17H23N5O2S/c1-21(2)15-7-8-16(20-19-15)24-13-5-3-9-22(12-13)17(23)18-11-14-6-4-10-25-14/h4,6-8,10,13H,3,5,9,11-12H2,1-2H3,(H,18,23). The Morgan fingerprint density at radius 1 is 1.40 bits per heavy atom. The van der Waals surface area contributed by atoms with Crippen LogP contribution < -0.4 is 15.0 Å². The summed E-state index contributed by atoms with van der Waals surface area (Å²) >= 11 is 1.64. The van der Waals surface area contributed by atoms with Crippen LogP contribution >= 0.6 is 11.3 Å². The zero-order chi connectivity index (χ0) is 17.6. The topological polar surface area (TPSA) is 70.6 Å². The van der Waals surface area contributed by atoms with Crippen molar-refractivity contribution >= 4 is 23.2 Å². The van der Waals surface area contributed by atoms with Crippen LogP contribution in [0.25, 0.3) is 0 Å². The molecule has 1 aliphatic heterocycles. The van der Waals surface area contributed by atoms with E-state index in [2.05, 4.69) is 15.5 Å². The van der Waals surface area contributed by atoms with Gasteiger partial charge in [0.05, 0.1) is 13.1 Å². The Labute approximate surface area is 151 Å². The summed E-state index contributed by atoms with van der Waals surface area (Å²) in [7, 11) is 3.83. The predicted molar refractivity (Wildman–Crippen MR) is 98.1 cm³/mol. The summed E-state index contributed by atoms with van der Waals surface area (Å²) < 4.78 is 5.91. The summed E-state index contributed by atoms with van der Waals surface area (Å²) in [6.45, 7) is 1.88. The number of carbonyl (C=O) groups is 1. The second-order valence-corrected chi connectivity index (χ2v) is 7.22. The largest absolute Gasteiger partial charge is 0.471 e. The molecule has 134 valence electrons. The van der Waals surface area contributed by atoms with Gasteiger partial charge >= 0.3 is 6.03 Å². The van der Waals surface area contributed by atoms with Gasteiger partial charge in [0.25, 0.3) is 0 Å². The Balaban J connectivity index is 1.51. The first-order valence-electron chi connectivity index (χ1n) is 8.34. The lowest BCUT2D eigenvalue weighted by Crippen LogP contribution is -2.48. The molecule has 1 aliphatic rings. The van der Waals surface area contributed by atoms with Gasteiger partial charge < -0.3 is 19.9 Å². The van der Waals surface area contributed by atoms with Gasteiger partial charge in [0.15, 0.2) is 5.82 Å². The highest BCUT2D eigenvalue weighted by atomic mass is 32.1. The van der Waals surface area contributed by atoms with Gasteiger partial charge in [-0.1, -0.05) is 6.07 Å². The van der Waals surface area contributed by atoms with E-state index in [0.717, 1.165) is 30.1 Å². The second-order valence-electron chi connectivity index (χ2n) is 6.19. The van der Waals surface area contributed by atoms with Crippen molar-refractivity contribution < 1.29 is 9.53 Å². The number of nitrogens with one attached hydrogen (secondary N) is 1. The molecule has 0 bridgehead atoms. The third-order valence-electron chi connectivity index (χ3n) is 4.03. The van der Waals surface area contributed by atoms with Gasteiger partial charge in [-0.25, -0.2) is 4.79 Å². The molecule has 8 heteroatoms. The number of hydrogen-bond donors (Lipinski definition) is 1. The number of amides is 2. The average Bonchev–Trinajstić information content (AvgIpc) is 3.14. The van der Waals surface area contributed by atoms with Gasteiger partial charge in [0.1, 0.15) is 6.10 Å². The van der Waals surface area contributed by atoms with Crippen molar-refractivity contribution in [3.63, 3.8) is 0 Å². The molecule has 1 atom stereocenters. The summed E-state index contributed by atoms with van der Waals surface area (Å²) in [4.78, 5) is 17.2. The minimum atomic E-state index is -0.0549. The molecule has 25 heavy (non-hydrogen) atoms. The Morgan fingerprint density at radius 2 is 2.28 bits per heavy atom. The molecule has 3 heterocycles. The van der Waals surface area contributed by atoms with Crippen LogP contribution in [0.1, 0.15) is 17.7 Å². The van der Waals surface area contributed by atoms with Crippen LogP contribution in [0.3, 0.4) is 0 Å². The van der Waals surface area contributed by atoms with Crippen LogP contribution in [0.15, 0.2) is 29.6 Å². The van der Waals surface area contributed by atoms with E-state index in [1.807, 2.05) is 53.5 Å². The fourth-order valence-corrected chi connectivity index (χ4v) is 3.34. The zero-order valence-corrected chi connectivity index (χ0v) is 15.3. The van der Waals surface area contributed by atoms with Crippen LogP contribution in [0.5, 0.6) is 5.88 Å². The molecule has 7 nitrogen and oxygen atoms in total. The van der Waals surface area contributed by atoms with Crippen molar-refractivity contribution in [1.29, 1.82) is 0 Å². The van der Waals surface area contributed by atoms with Crippen LogP contribution in [-0.4, -0.2) is 54.4 Å². The molecule has 2 aromatic rings. The number of ether oxygens (including phenoxy) is 1. The summed E-state index contributed by atoms with van der Waals surface area (Å²) in [5.41, 5.74) is 0. The van der Waals surface area contributed by atoms with E-state index in [0.29, 0.717) is 19.0 Å². The van der Waals surface area contributed by atoms with E-state index < -0.39 is 0 Å². The molecule has 0 radical (unpaired) electrons. The summed E-state index contributed by atoms with van der Waals surface area (Å²) in [6.07, 6.45) is 1.77. The van der Waals surface area contributed by atoms with Gasteiger partial charge in [-0.2, -0.15) is 0 Å². The molecule has 3 rings (SSSR count). The first-order valence-corrected chi connectivity index (χ1v) is 9.22. The van der Waals surface area contributed by atoms with E-state index in [4.69, 9.17) is 4.74 Å². The van der Waals surface area contributed by atoms with Crippen LogP contribution in [-0.2, 0) is 6.54 Å². The van der Waals surface area contributed by atoms with Crippen LogP contribution in [0.2, 0.25) is 0 Å². The third-order valence-corrected chi connectivity index (χ3v) is 4.91. The van der Waals surface area contributed by atoms with E-state index in [9.17, 15) is 4.79 Å². The quantitative estimate of drug-likeness (QED) is 0.885. The Kier molecular flexibility index (Phi) is 5.70. The normalized spacial score (nSPS) is 17.2. The zero-order valence-electron chi connectivity index (χ0n) is 14.5. The molecule has 1 saturated heterocycles. The van der Waals surface area contributed by atoms with Gasteiger partial charge in [-0.05, 0) is 30.4 Å². The minimum Gasteiger partial charge on any atom is -0.471 e. The molecular formula is C17H23N5O2S. The van der Waals surface area contributed by atoms with E-state index in [1.165, 1.54) is 0 Å². The van der Waals surface area contributed by atoms with Crippen LogP contribution in [0, 0.1) is 0 Å². The second kappa shape index (κ2) is 8.15. The molecular weight excluding hydrogens is 338 g/mol. The third kappa shape index (κ3) is 4.82. The summed E-state index contributed by atoms with van der Waals surface area (Å²) in [5, 5.41) is 13.2. The number of hydrogen-bond acceptors (Lipinski definition) is 6. The number of carbonyl (C=O) groups excluding carboxylic acids is 1. The average molecular weight is 361 g/mol. The SMILES string of the molecule is CN(C)c1ccc(OC2CCCN(C(=O)NCc3cccs3)C2)nn1. The number of nitrogens with zero attached hydrogens (tertiary/aromatic N) is 4. The summed E-state index contributed by atoms with van der Waals surface area (Å²) in [5.74, 6) is 1.28. The molecule has 0 spiro atoms. The Bertz CT molecular complexity index is 675. The number of thiophene rings is 1. The highest BCUT2D eigenvalue weighted by Gasteiger charge is 2.25. The Hall–Kier alpha value is -2.35. The lowest BCUT2D eigenvalue weighted by atomic mass is 10.1. The molecule has 0 aromatic carbocycles. The number of anilines is 1. The van der Waals surface area contributed by atoms with E-state index in [-0.39, 0.29) is 12.1 Å². The lowest BCUT2D eigenvalue weighted by molar-refractivity contribution is 0.0969. The lowest BCUT2D eigenvalue weighted by Gasteiger charge is -2.32. The number of aromatic nitrogens is 2.